The smallest absolute Gasteiger partial charge is 0.303 e. The maximum absolute atomic E-state index is 10.4. The molecule has 0 radical (unpaired) electrons. The van der Waals surface area contributed by atoms with Gasteiger partial charge in [-0.15, -0.1) is 0 Å². The summed E-state index contributed by atoms with van der Waals surface area (Å²) in [7, 11) is 0. The van der Waals surface area contributed by atoms with E-state index in [1.54, 1.807) is 0 Å². The Morgan fingerprint density at radius 3 is 2.79 bits per heavy atom. The lowest BCUT2D eigenvalue weighted by Crippen LogP contribution is -2.21. The lowest BCUT2D eigenvalue weighted by atomic mass is 9.89. The first-order valence-corrected chi connectivity index (χ1v) is 7.23. The lowest BCUT2D eigenvalue weighted by molar-refractivity contribution is -0.137. The molecule has 3 nitrogen and oxygen atoms in total. The number of aryl methyl sites for hydroxylation is 2. The van der Waals surface area contributed by atoms with Crippen LogP contribution in [0.2, 0.25) is 0 Å². The van der Waals surface area contributed by atoms with Crippen molar-refractivity contribution >= 4 is 5.97 Å². The van der Waals surface area contributed by atoms with Crippen LogP contribution < -0.4 is 5.32 Å². The second kappa shape index (κ2) is 6.71. The van der Waals surface area contributed by atoms with Crippen LogP contribution in [-0.2, 0) is 17.6 Å². The quantitative estimate of drug-likeness (QED) is 0.774. The number of carboxylic acids is 1. The van der Waals surface area contributed by atoms with Crippen LogP contribution in [0.25, 0.3) is 0 Å². The van der Waals surface area contributed by atoms with Crippen molar-refractivity contribution in [3.05, 3.63) is 34.9 Å². The van der Waals surface area contributed by atoms with Gasteiger partial charge in [-0.1, -0.05) is 18.2 Å². The van der Waals surface area contributed by atoms with Gasteiger partial charge in [0.1, 0.15) is 0 Å². The molecule has 0 fully saturated rings. The largest absolute Gasteiger partial charge is 0.481 e. The molecule has 19 heavy (non-hydrogen) atoms. The Balaban J connectivity index is 1.88. The highest BCUT2D eigenvalue weighted by Crippen LogP contribution is 2.24. The van der Waals surface area contributed by atoms with E-state index >= 15 is 0 Å². The Kier molecular flexibility index (Phi) is 4.97. The number of aliphatic carboxylic acids is 1. The van der Waals surface area contributed by atoms with Crippen LogP contribution in [0.15, 0.2) is 18.2 Å². The molecule has 0 bridgehead atoms. The second-order valence-corrected chi connectivity index (χ2v) is 5.41. The number of carboxylic acid groups (broad SMARTS) is 1. The van der Waals surface area contributed by atoms with Gasteiger partial charge in [-0.25, -0.2) is 0 Å². The summed E-state index contributed by atoms with van der Waals surface area (Å²) in [5.74, 6) is -0.719. The lowest BCUT2D eigenvalue weighted by Gasteiger charge is -2.20. The minimum Gasteiger partial charge on any atom is -0.481 e. The van der Waals surface area contributed by atoms with Gasteiger partial charge < -0.3 is 10.4 Å². The van der Waals surface area contributed by atoms with Gasteiger partial charge >= 0.3 is 5.97 Å². The van der Waals surface area contributed by atoms with E-state index in [2.05, 4.69) is 30.4 Å². The van der Waals surface area contributed by atoms with Crippen LogP contribution in [0.5, 0.6) is 0 Å². The Labute approximate surface area is 115 Å². The number of nitrogens with one attached hydrogen (secondary N) is 1. The third-order valence-corrected chi connectivity index (χ3v) is 3.89. The van der Waals surface area contributed by atoms with Crippen LogP contribution in [0.1, 0.15) is 55.3 Å². The summed E-state index contributed by atoms with van der Waals surface area (Å²) in [6.45, 7) is 2.90. The Morgan fingerprint density at radius 1 is 1.32 bits per heavy atom. The first-order chi connectivity index (χ1) is 9.16. The fourth-order valence-corrected chi connectivity index (χ4v) is 2.70. The first-order valence-electron chi connectivity index (χ1n) is 7.23. The standard InChI is InChI=1S/C16H23NO2/c1-12(17-10-4-7-16(18)19)14-9-8-13-5-2-3-6-15(13)11-14/h8-9,11-12,17H,2-7,10H2,1H3,(H,18,19). The van der Waals surface area contributed by atoms with E-state index < -0.39 is 5.97 Å². The molecule has 104 valence electrons. The Bertz CT molecular complexity index is 442. The third-order valence-electron chi connectivity index (χ3n) is 3.89. The zero-order valence-corrected chi connectivity index (χ0v) is 11.6. The van der Waals surface area contributed by atoms with Crippen LogP contribution in [0, 0.1) is 0 Å². The highest BCUT2D eigenvalue weighted by molar-refractivity contribution is 5.66. The summed E-state index contributed by atoms with van der Waals surface area (Å²) in [6.07, 6.45) is 5.96. The summed E-state index contributed by atoms with van der Waals surface area (Å²) < 4.78 is 0. The summed E-state index contributed by atoms with van der Waals surface area (Å²) in [6, 6.07) is 7.09. The zero-order chi connectivity index (χ0) is 13.7. The van der Waals surface area contributed by atoms with E-state index in [-0.39, 0.29) is 6.42 Å². The van der Waals surface area contributed by atoms with Crippen LogP contribution in [0.3, 0.4) is 0 Å². The molecule has 1 aromatic rings. The van der Waals surface area contributed by atoms with Gasteiger partial charge in [0, 0.05) is 12.5 Å². The maximum Gasteiger partial charge on any atom is 0.303 e. The first kappa shape index (κ1) is 14.1. The molecule has 2 rings (SSSR count). The topological polar surface area (TPSA) is 49.3 Å². The van der Waals surface area contributed by atoms with Crippen molar-refractivity contribution in [2.45, 2.75) is 51.5 Å². The number of hydrogen-bond acceptors (Lipinski definition) is 2. The number of rotatable bonds is 6. The molecule has 0 aliphatic heterocycles. The monoisotopic (exact) mass is 261 g/mol. The fourth-order valence-electron chi connectivity index (χ4n) is 2.70. The van der Waals surface area contributed by atoms with E-state index in [0.29, 0.717) is 12.5 Å². The summed E-state index contributed by atoms with van der Waals surface area (Å²) in [5, 5.41) is 12.0. The summed E-state index contributed by atoms with van der Waals surface area (Å²) in [4.78, 5) is 10.4. The predicted molar refractivity (Wildman–Crippen MR) is 76.4 cm³/mol. The molecule has 1 unspecified atom stereocenters. The van der Waals surface area contributed by atoms with Gasteiger partial charge in [-0.05, 0) is 62.3 Å². The predicted octanol–water partition coefficient (Wildman–Crippen LogP) is 3.08. The molecule has 1 aliphatic rings. The summed E-state index contributed by atoms with van der Waals surface area (Å²) >= 11 is 0. The Hall–Kier alpha value is -1.35. The van der Waals surface area contributed by atoms with Crippen molar-refractivity contribution < 1.29 is 9.90 Å². The normalized spacial score (nSPS) is 15.8. The zero-order valence-electron chi connectivity index (χ0n) is 11.6. The van der Waals surface area contributed by atoms with Crippen molar-refractivity contribution in [3.63, 3.8) is 0 Å². The van der Waals surface area contributed by atoms with Gasteiger partial charge in [0.2, 0.25) is 0 Å². The SMILES string of the molecule is CC(NCCCC(=O)O)c1ccc2c(c1)CCCC2. The minimum atomic E-state index is -0.719. The van der Waals surface area contributed by atoms with Crippen molar-refractivity contribution in [2.24, 2.45) is 0 Å². The maximum atomic E-state index is 10.4. The average Bonchev–Trinajstić information content (AvgIpc) is 2.42. The van der Waals surface area contributed by atoms with E-state index in [1.807, 2.05) is 0 Å². The highest BCUT2D eigenvalue weighted by atomic mass is 16.4. The molecular weight excluding hydrogens is 238 g/mol. The molecule has 0 amide bonds. The van der Waals surface area contributed by atoms with Crippen molar-refractivity contribution in [1.82, 2.24) is 5.32 Å². The second-order valence-electron chi connectivity index (χ2n) is 5.41. The van der Waals surface area contributed by atoms with Crippen molar-refractivity contribution in [2.75, 3.05) is 6.54 Å². The molecule has 0 spiro atoms. The molecule has 0 saturated heterocycles. The number of hydrogen-bond donors (Lipinski definition) is 2. The van der Waals surface area contributed by atoms with Crippen molar-refractivity contribution in [1.29, 1.82) is 0 Å². The number of benzene rings is 1. The fraction of sp³-hybridized carbons (Fsp3) is 0.562. The van der Waals surface area contributed by atoms with E-state index in [4.69, 9.17) is 5.11 Å². The molecule has 0 heterocycles. The molecule has 1 aromatic carbocycles. The Morgan fingerprint density at radius 2 is 2.05 bits per heavy atom. The third kappa shape index (κ3) is 4.06. The number of carbonyl (C=O) groups is 1. The highest BCUT2D eigenvalue weighted by Gasteiger charge is 2.12. The van der Waals surface area contributed by atoms with Crippen LogP contribution >= 0.6 is 0 Å². The van der Waals surface area contributed by atoms with Gasteiger partial charge in [-0.3, -0.25) is 4.79 Å². The number of fused-ring (bicyclic) bond motifs is 1. The van der Waals surface area contributed by atoms with E-state index in [9.17, 15) is 4.79 Å². The molecule has 2 N–H and O–H groups in total. The van der Waals surface area contributed by atoms with Gasteiger partial charge in [-0.2, -0.15) is 0 Å². The van der Waals surface area contributed by atoms with Gasteiger partial charge in [0.15, 0.2) is 0 Å². The average molecular weight is 261 g/mol. The summed E-state index contributed by atoms with van der Waals surface area (Å²) in [5.41, 5.74) is 4.33. The van der Waals surface area contributed by atoms with Gasteiger partial charge in [0.05, 0.1) is 0 Å². The van der Waals surface area contributed by atoms with Gasteiger partial charge in [0.25, 0.3) is 0 Å². The van der Waals surface area contributed by atoms with E-state index in [0.717, 1.165) is 6.54 Å². The molecule has 3 heteroatoms. The molecule has 0 saturated carbocycles. The van der Waals surface area contributed by atoms with Crippen LogP contribution in [-0.4, -0.2) is 17.6 Å². The molecule has 1 atom stereocenters. The molecule has 0 aromatic heterocycles. The molecule has 1 aliphatic carbocycles. The van der Waals surface area contributed by atoms with E-state index in [1.165, 1.54) is 42.4 Å². The minimum absolute atomic E-state index is 0.240. The molecular formula is C16H23NO2. The van der Waals surface area contributed by atoms with Crippen LogP contribution in [0.4, 0.5) is 0 Å². The van der Waals surface area contributed by atoms with Crippen molar-refractivity contribution in [3.8, 4) is 0 Å².